The summed E-state index contributed by atoms with van der Waals surface area (Å²) in [5, 5.41) is 11.6. The van der Waals surface area contributed by atoms with Gasteiger partial charge >= 0.3 is 5.97 Å². The van der Waals surface area contributed by atoms with Crippen molar-refractivity contribution in [2.45, 2.75) is 19.5 Å². The van der Waals surface area contributed by atoms with Gasteiger partial charge in [0.25, 0.3) is 0 Å². The van der Waals surface area contributed by atoms with E-state index in [0.717, 1.165) is 11.3 Å². The van der Waals surface area contributed by atoms with Gasteiger partial charge in [0.2, 0.25) is 5.91 Å². The van der Waals surface area contributed by atoms with E-state index in [0.29, 0.717) is 6.54 Å². The third kappa shape index (κ3) is 4.89. The normalized spacial score (nSPS) is 12.0. The summed E-state index contributed by atoms with van der Waals surface area (Å²) >= 11 is 0. The molecule has 1 amide bonds. The van der Waals surface area contributed by atoms with Gasteiger partial charge in [-0.15, -0.1) is 0 Å². The van der Waals surface area contributed by atoms with Gasteiger partial charge in [0.05, 0.1) is 13.7 Å². The SMILES string of the molecule is COc1ccc(CNC(=O)CN(C)C(C)C(=O)O)cc1. The van der Waals surface area contributed by atoms with E-state index in [-0.39, 0.29) is 12.5 Å². The molecule has 1 unspecified atom stereocenters. The Bertz CT molecular complexity index is 459. The lowest BCUT2D eigenvalue weighted by Crippen LogP contribution is -2.42. The van der Waals surface area contributed by atoms with Crippen molar-refractivity contribution in [2.24, 2.45) is 0 Å². The molecule has 20 heavy (non-hydrogen) atoms. The molecule has 110 valence electrons. The van der Waals surface area contributed by atoms with Crippen LogP contribution in [0.3, 0.4) is 0 Å². The van der Waals surface area contributed by atoms with Crippen LogP contribution in [-0.4, -0.2) is 48.6 Å². The number of aliphatic carboxylic acids is 1. The highest BCUT2D eigenvalue weighted by Gasteiger charge is 2.18. The van der Waals surface area contributed by atoms with Gasteiger partial charge in [-0.2, -0.15) is 0 Å². The fourth-order valence-electron chi connectivity index (χ4n) is 1.55. The van der Waals surface area contributed by atoms with Crippen molar-refractivity contribution in [3.63, 3.8) is 0 Å². The maximum Gasteiger partial charge on any atom is 0.320 e. The monoisotopic (exact) mass is 280 g/mol. The summed E-state index contributed by atoms with van der Waals surface area (Å²) in [5.74, 6) is -0.401. The second-order valence-electron chi connectivity index (χ2n) is 4.55. The summed E-state index contributed by atoms with van der Waals surface area (Å²) in [6.07, 6.45) is 0. The van der Waals surface area contributed by atoms with Gasteiger partial charge < -0.3 is 15.2 Å². The number of rotatable bonds is 7. The number of amides is 1. The summed E-state index contributed by atoms with van der Waals surface area (Å²) in [5.41, 5.74) is 0.952. The minimum atomic E-state index is -0.949. The van der Waals surface area contributed by atoms with Crippen LogP contribution in [0.4, 0.5) is 0 Å². The number of hydrogen-bond donors (Lipinski definition) is 2. The van der Waals surface area contributed by atoms with E-state index in [1.165, 1.54) is 4.90 Å². The van der Waals surface area contributed by atoms with Crippen molar-refractivity contribution in [3.05, 3.63) is 29.8 Å². The first kappa shape index (κ1) is 16.0. The van der Waals surface area contributed by atoms with Crippen molar-refractivity contribution in [1.82, 2.24) is 10.2 Å². The van der Waals surface area contributed by atoms with E-state index < -0.39 is 12.0 Å². The smallest absolute Gasteiger partial charge is 0.320 e. The maximum atomic E-state index is 11.7. The number of carboxylic acids is 1. The maximum absolute atomic E-state index is 11.7. The highest BCUT2D eigenvalue weighted by atomic mass is 16.5. The van der Waals surface area contributed by atoms with Gasteiger partial charge in [-0.1, -0.05) is 12.1 Å². The molecule has 0 aliphatic heterocycles. The first-order chi connectivity index (χ1) is 9.43. The largest absolute Gasteiger partial charge is 0.497 e. The van der Waals surface area contributed by atoms with Crippen molar-refractivity contribution < 1.29 is 19.4 Å². The van der Waals surface area contributed by atoms with Crippen LogP contribution >= 0.6 is 0 Å². The molecule has 1 rings (SSSR count). The number of nitrogens with zero attached hydrogens (tertiary/aromatic N) is 1. The lowest BCUT2D eigenvalue weighted by molar-refractivity contribution is -0.142. The molecule has 0 radical (unpaired) electrons. The average Bonchev–Trinajstić information content (AvgIpc) is 2.44. The Kier molecular flexibility index (Phi) is 5.99. The molecule has 0 saturated heterocycles. The Morgan fingerprint density at radius 1 is 1.35 bits per heavy atom. The Hall–Kier alpha value is -2.08. The molecule has 0 fully saturated rings. The molecule has 0 bridgehead atoms. The van der Waals surface area contributed by atoms with E-state index >= 15 is 0 Å². The fraction of sp³-hybridized carbons (Fsp3) is 0.429. The highest BCUT2D eigenvalue weighted by molar-refractivity contribution is 5.79. The highest BCUT2D eigenvalue weighted by Crippen LogP contribution is 2.10. The Morgan fingerprint density at radius 2 is 1.95 bits per heavy atom. The zero-order valence-corrected chi connectivity index (χ0v) is 11.9. The van der Waals surface area contributed by atoms with Crippen molar-refractivity contribution in [2.75, 3.05) is 20.7 Å². The van der Waals surface area contributed by atoms with Gasteiger partial charge in [-0.25, -0.2) is 0 Å². The minimum absolute atomic E-state index is 0.0453. The molecule has 6 heteroatoms. The van der Waals surface area contributed by atoms with Crippen LogP contribution in [0, 0.1) is 0 Å². The van der Waals surface area contributed by atoms with Crippen LogP contribution in [0.2, 0.25) is 0 Å². The topological polar surface area (TPSA) is 78.9 Å². The quantitative estimate of drug-likeness (QED) is 0.769. The third-order valence-corrected chi connectivity index (χ3v) is 3.06. The van der Waals surface area contributed by atoms with Gasteiger partial charge in [0.1, 0.15) is 11.8 Å². The predicted molar refractivity (Wildman–Crippen MR) is 74.6 cm³/mol. The van der Waals surface area contributed by atoms with Crippen LogP contribution in [0.5, 0.6) is 5.75 Å². The number of hydrogen-bond acceptors (Lipinski definition) is 4. The average molecular weight is 280 g/mol. The number of ether oxygens (including phenoxy) is 1. The molecule has 0 heterocycles. The van der Waals surface area contributed by atoms with E-state index in [9.17, 15) is 9.59 Å². The van der Waals surface area contributed by atoms with Gasteiger partial charge in [-0.3, -0.25) is 14.5 Å². The molecule has 0 aliphatic rings. The second-order valence-corrected chi connectivity index (χ2v) is 4.55. The number of methoxy groups -OCH3 is 1. The van der Waals surface area contributed by atoms with Crippen LogP contribution in [0.15, 0.2) is 24.3 Å². The van der Waals surface area contributed by atoms with E-state index in [1.54, 1.807) is 21.1 Å². The van der Waals surface area contributed by atoms with Crippen molar-refractivity contribution in [3.8, 4) is 5.75 Å². The van der Waals surface area contributed by atoms with Crippen molar-refractivity contribution in [1.29, 1.82) is 0 Å². The molecule has 0 aliphatic carbocycles. The number of likely N-dealkylation sites (N-methyl/N-ethyl adjacent to an activating group) is 1. The number of benzene rings is 1. The molecule has 1 aromatic carbocycles. The van der Waals surface area contributed by atoms with Crippen LogP contribution < -0.4 is 10.1 Å². The molecule has 6 nitrogen and oxygen atoms in total. The number of carboxylic acid groups (broad SMARTS) is 1. The lowest BCUT2D eigenvalue weighted by atomic mass is 10.2. The van der Waals surface area contributed by atoms with Crippen molar-refractivity contribution >= 4 is 11.9 Å². The lowest BCUT2D eigenvalue weighted by Gasteiger charge is -2.20. The zero-order valence-electron chi connectivity index (χ0n) is 11.9. The van der Waals surface area contributed by atoms with E-state index in [2.05, 4.69) is 5.32 Å². The summed E-state index contributed by atoms with van der Waals surface area (Å²) in [6, 6.07) is 6.67. The van der Waals surface area contributed by atoms with Crippen LogP contribution in [-0.2, 0) is 16.1 Å². The van der Waals surface area contributed by atoms with Gasteiger partial charge in [0.15, 0.2) is 0 Å². The molecule has 0 spiro atoms. The molecular formula is C14H20N2O4. The molecule has 0 saturated carbocycles. The molecule has 1 atom stereocenters. The molecular weight excluding hydrogens is 260 g/mol. The summed E-state index contributed by atoms with van der Waals surface area (Å²) in [7, 11) is 3.20. The second kappa shape index (κ2) is 7.49. The number of carbonyl (C=O) groups is 2. The standard InChI is InChI=1S/C14H20N2O4/c1-10(14(18)19)16(2)9-13(17)15-8-11-4-6-12(20-3)7-5-11/h4-7,10H,8-9H2,1-3H3,(H,15,17)(H,18,19). The first-order valence-corrected chi connectivity index (χ1v) is 6.26. The predicted octanol–water partition coefficient (Wildman–Crippen LogP) is 0.716. The minimum Gasteiger partial charge on any atom is -0.497 e. The summed E-state index contributed by atoms with van der Waals surface area (Å²) in [6.45, 7) is 1.99. The van der Waals surface area contributed by atoms with Crippen LogP contribution in [0.1, 0.15) is 12.5 Å². The first-order valence-electron chi connectivity index (χ1n) is 6.26. The zero-order chi connectivity index (χ0) is 15.1. The molecule has 2 N–H and O–H groups in total. The third-order valence-electron chi connectivity index (χ3n) is 3.06. The molecule has 1 aromatic rings. The number of carbonyl (C=O) groups excluding carboxylic acids is 1. The Balaban J connectivity index is 2.41. The summed E-state index contributed by atoms with van der Waals surface area (Å²) < 4.78 is 5.05. The Morgan fingerprint density at radius 3 is 2.45 bits per heavy atom. The van der Waals surface area contributed by atoms with E-state index in [1.807, 2.05) is 24.3 Å². The number of nitrogens with one attached hydrogen (secondary N) is 1. The summed E-state index contributed by atoms with van der Waals surface area (Å²) in [4.78, 5) is 24.0. The van der Waals surface area contributed by atoms with Gasteiger partial charge in [0, 0.05) is 6.54 Å². The van der Waals surface area contributed by atoms with Crippen LogP contribution in [0.25, 0.3) is 0 Å². The van der Waals surface area contributed by atoms with Gasteiger partial charge in [-0.05, 0) is 31.7 Å². The molecule has 0 aromatic heterocycles. The fourth-order valence-corrected chi connectivity index (χ4v) is 1.55. The Labute approximate surface area is 118 Å². The van der Waals surface area contributed by atoms with E-state index in [4.69, 9.17) is 9.84 Å².